The number of carbonyl (C=O) groups excluding carboxylic acids is 1. The molecule has 0 aliphatic heterocycles. The molecule has 1 aromatic heterocycles. The molecule has 1 N–H and O–H groups in total. The van der Waals surface area contributed by atoms with Crippen LogP contribution >= 0.6 is 0 Å². The van der Waals surface area contributed by atoms with Gasteiger partial charge < -0.3 is 9.67 Å². The van der Waals surface area contributed by atoms with Gasteiger partial charge in [0.2, 0.25) is 0 Å². The van der Waals surface area contributed by atoms with E-state index in [1.54, 1.807) is 25.3 Å². The van der Waals surface area contributed by atoms with Crippen LogP contribution in [0.15, 0.2) is 18.2 Å². The van der Waals surface area contributed by atoms with E-state index in [0.717, 1.165) is 12.1 Å². The highest BCUT2D eigenvalue weighted by atomic mass is 19.4. The number of fused-ring (bicyclic) bond motifs is 1. The highest BCUT2D eigenvalue weighted by Crippen LogP contribution is 2.35. The Balaban J connectivity index is 2.23. The molecule has 0 spiro atoms. The van der Waals surface area contributed by atoms with Gasteiger partial charge in [-0.2, -0.15) is 26.3 Å². The molecule has 0 aliphatic rings. The third kappa shape index (κ3) is 5.33. The number of halogens is 6. The van der Waals surface area contributed by atoms with Crippen molar-refractivity contribution in [3.63, 3.8) is 0 Å². The van der Waals surface area contributed by atoms with Crippen molar-refractivity contribution in [2.24, 2.45) is 0 Å². The van der Waals surface area contributed by atoms with Crippen LogP contribution in [0.4, 0.5) is 26.3 Å². The maximum Gasteiger partial charge on any atom is 0.417 e. The van der Waals surface area contributed by atoms with Gasteiger partial charge in [0, 0.05) is 24.8 Å². The fourth-order valence-electron chi connectivity index (χ4n) is 3.23. The first-order valence-electron chi connectivity index (χ1n) is 9.33. The van der Waals surface area contributed by atoms with Gasteiger partial charge in [0.15, 0.2) is 5.60 Å². The second kappa shape index (κ2) is 7.86. The van der Waals surface area contributed by atoms with E-state index in [2.05, 4.69) is 4.98 Å². The first kappa shape index (κ1) is 24.2. The summed E-state index contributed by atoms with van der Waals surface area (Å²) in [4.78, 5) is 16.3. The number of ketones is 1. The monoisotopic (exact) mass is 438 g/mol. The van der Waals surface area contributed by atoms with Crippen LogP contribution in [0.3, 0.4) is 0 Å². The number of nitrogens with zero attached hydrogens (tertiary/aromatic N) is 2. The normalized spacial score (nSPS) is 15.4. The zero-order valence-corrected chi connectivity index (χ0v) is 17.1. The van der Waals surface area contributed by atoms with Crippen molar-refractivity contribution in [3.8, 4) is 0 Å². The zero-order chi connectivity index (χ0) is 23.1. The molecule has 0 unspecified atom stereocenters. The third-order valence-corrected chi connectivity index (χ3v) is 4.73. The molecule has 0 saturated carbocycles. The molecule has 4 nitrogen and oxygen atoms in total. The van der Waals surface area contributed by atoms with E-state index in [0.29, 0.717) is 23.8 Å². The number of Topliss-reactive ketones (excluding diaryl/α,β-unsaturated/α-hetero) is 1. The lowest BCUT2D eigenvalue weighted by atomic mass is 9.96. The van der Waals surface area contributed by atoms with E-state index in [1.165, 1.54) is 6.07 Å². The van der Waals surface area contributed by atoms with Crippen LogP contribution in [0.25, 0.3) is 11.0 Å². The van der Waals surface area contributed by atoms with Gasteiger partial charge in [-0.3, -0.25) is 4.79 Å². The molecule has 0 bridgehead atoms. The van der Waals surface area contributed by atoms with Gasteiger partial charge in [0.1, 0.15) is 11.6 Å². The molecule has 0 saturated heterocycles. The van der Waals surface area contributed by atoms with E-state index in [4.69, 9.17) is 0 Å². The van der Waals surface area contributed by atoms with Crippen LogP contribution < -0.4 is 0 Å². The molecular formula is C20H24F6N2O2. The smallest absolute Gasteiger partial charge is 0.380 e. The van der Waals surface area contributed by atoms with E-state index >= 15 is 0 Å². The van der Waals surface area contributed by atoms with Crippen LogP contribution in [0, 0.1) is 0 Å². The number of benzene rings is 1. The second-order valence-electron chi connectivity index (χ2n) is 8.58. The lowest BCUT2D eigenvalue weighted by Gasteiger charge is -2.26. The molecule has 2 rings (SSSR count). The molecule has 0 fully saturated rings. The summed E-state index contributed by atoms with van der Waals surface area (Å²) >= 11 is 0. The number of rotatable bonds is 6. The van der Waals surface area contributed by atoms with E-state index < -0.39 is 41.3 Å². The fraction of sp³-hybridized carbons (Fsp3) is 0.600. The Morgan fingerprint density at radius 3 is 2.17 bits per heavy atom. The summed E-state index contributed by atoms with van der Waals surface area (Å²) in [5, 5.41) is 9.42. The molecule has 0 amide bonds. The first-order chi connectivity index (χ1) is 13.4. The van der Waals surface area contributed by atoms with Crippen molar-refractivity contribution in [1.29, 1.82) is 0 Å². The molecule has 1 heterocycles. The minimum absolute atomic E-state index is 0.151. The quantitative estimate of drug-likeness (QED) is 0.614. The Morgan fingerprint density at radius 1 is 1.07 bits per heavy atom. The molecule has 0 aliphatic carbocycles. The highest BCUT2D eigenvalue weighted by molar-refractivity contribution is 5.79. The largest absolute Gasteiger partial charge is 0.417 e. The standard InChI is InChI=1S/C20H24F6N2O2/c1-17(2,3)28-15-10-12(19(21,22)23)8-9-14(15)27-16(28)7-5-6-13(29)11-18(4,30)20(24,25)26/h8-10,30H,5-7,11H2,1-4H3/t18-/m0/s1. The number of alkyl halides is 6. The fourth-order valence-corrected chi connectivity index (χ4v) is 3.23. The van der Waals surface area contributed by atoms with Crippen molar-refractivity contribution in [2.45, 2.75) is 76.9 Å². The number of carbonyl (C=O) groups is 1. The summed E-state index contributed by atoms with van der Waals surface area (Å²) in [6.45, 7) is 5.93. The number of hydrogen-bond acceptors (Lipinski definition) is 3. The van der Waals surface area contributed by atoms with Crippen LogP contribution in [0.5, 0.6) is 0 Å². The van der Waals surface area contributed by atoms with Crippen LogP contribution in [-0.4, -0.2) is 32.2 Å². The first-order valence-corrected chi connectivity index (χ1v) is 9.33. The number of aryl methyl sites for hydroxylation is 1. The topological polar surface area (TPSA) is 55.1 Å². The molecular weight excluding hydrogens is 414 g/mol. The lowest BCUT2D eigenvalue weighted by molar-refractivity contribution is -0.253. The summed E-state index contributed by atoms with van der Waals surface area (Å²) in [6.07, 6.45) is -10.4. The maximum atomic E-state index is 13.1. The maximum absolute atomic E-state index is 13.1. The van der Waals surface area contributed by atoms with Crippen molar-refractivity contribution in [1.82, 2.24) is 9.55 Å². The van der Waals surface area contributed by atoms with Crippen LogP contribution in [0.2, 0.25) is 0 Å². The Bertz CT molecular complexity index is 920. The summed E-state index contributed by atoms with van der Waals surface area (Å²) in [5.41, 5.74) is -3.87. The van der Waals surface area contributed by atoms with E-state index in [9.17, 15) is 36.2 Å². The molecule has 168 valence electrons. The summed E-state index contributed by atoms with van der Waals surface area (Å²) in [7, 11) is 0. The Kier molecular flexibility index (Phi) is 6.34. The van der Waals surface area contributed by atoms with Gasteiger partial charge in [0.05, 0.1) is 16.6 Å². The van der Waals surface area contributed by atoms with Gasteiger partial charge in [-0.1, -0.05) is 0 Å². The van der Waals surface area contributed by atoms with Crippen LogP contribution in [0.1, 0.15) is 58.3 Å². The molecule has 1 atom stereocenters. The van der Waals surface area contributed by atoms with Crippen molar-refractivity contribution < 1.29 is 36.2 Å². The molecule has 1 aromatic carbocycles. The lowest BCUT2D eigenvalue weighted by Crippen LogP contribution is -2.43. The zero-order valence-electron chi connectivity index (χ0n) is 17.1. The summed E-state index contributed by atoms with van der Waals surface area (Å²) in [6, 6.07) is 3.23. The van der Waals surface area contributed by atoms with Crippen molar-refractivity contribution >= 4 is 16.8 Å². The number of hydrogen-bond donors (Lipinski definition) is 1. The molecule has 0 radical (unpaired) electrons. The van der Waals surface area contributed by atoms with Gasteiger partial charge in [-0.25, -0.2) is 4.98 Å². The van der Waals surface area contributed by atoms with Gasteiger partial charge >= 0.3 is 12.4 Å². The average molecular weight is 438 g/mol. The Morgan fingerprint density at radius 2 is 1.67 bits per heavy atom. The molecule has 10 heteroatoms. The van der Waals surface area contributed by atoms with E-state index in [-0.39, 0.29) is 19.3 Å². The third-order valence-electron chi connectivity index (χ3n) is 4.73. The minimum Gasteiger partial charge on any atom is -0.380 e. The predicted molar refractivity (Wildman–Crippen MR) is 99.0 cm³/mol. The average Bonchev–Trinajstić information content (AvgIpc) is 2.89. The number of imidazole rings is 1. The molecule has 30 heavy (non-hydrogen) atoms. The number of aromatic nitrogens is 2. The van der Waals surface area contributed by atoms with Gasteiger partial charge in [0.25, 0.3) is 0 Å². The van der Waals surface area contributed by atoms with Crippen molar-refractivity contribution in [3.05, 3.63) is 29.6 Å². The summed E-state index contributed by atoms with van der Waals surface area (Å²) in [5.74, 6) is -0.317. The summed E-state index contributed by atoms with van der Waals surface area (Å²) < 4.78 is 79.0. The van der Waals surface area contributed by atoms with Crippen molar-refractivity contribution in [2.75, 3.05) is 0 Å². The van der Waals surface area contributed by atoms with Crippen LogP contribution in [-0.2, 0) is 22.9 Å². The van der Waals surface area contributed by atoms with E-state index in [1.807, 2.05) is 0 Å². The Hall–Kier alpha value is -2.10. The molecule has 2 aromatic rings. The van der Waals surface area contributed by atoms with Gasteiger partial charge in [-0.15, -0.1) is 0 Å². The predicted octanol–water partition coefficient (Wildman–Crippen LogP) is 5.41. The Labute approximate surface area is 169 Å². The highest BCUT2D eigenvalue weighted by Gasteiger charge is 2.50. The number of aliphatic hydroxyl groups is 1. The van der Waals surface area contributed by atoms with Gasteiger partial charge in [-0.05, 0) is 52.3 Å². The SMILES string of the molecule is CC(C)(C)n1c(CCCC(=O)C[C@](C)(O)C(F)(F)F)nc2ccc(C(F)(F)F)cc21. The second-order valence-corrected chi connectivity index (χ2v) is 8.58. The minimum atomic E-state index is -4.92.